The lowest BCUT2D eigenvalue weighted by molar-refractivity contribution is -0.121. The normalized spacial score (nSPS) is 16.1. The second-order valence-electron chi connectivity index (χ2n) is 5.26. The summed E-state index contributed by atoms with van der Waals surface area (Å²) in [7, 11) is 0. The minimum Gasteiger partial charge on any atom is -0.349 e. The summed E-state index contributed by atoms with van der Waals surface area (Å²) in [5, 5.41) is 4.71. The zero-order valence-corrected chi connectivity index (χ0v) is 13.4. The number of rotatable bonds is 2. The minimum atomic E-state index is 0.200. The summed E-state index contributed by atoms with van der Waals surface area (Å²) in [6.45, 7) is 5.35. The molecule has 0 saturated carbocycles. The lowest BCUT2D eigenvalue weighted by Crippen LogP contribution is -2.42. The van der Waals surface area contributed by atoms with Crippen molar-refractivity contribution in [3.63, 3.8) is 0 Å². The minimum absolute atomic E-state index is 0.200. The Morgan fingerprint density at radius 3 is 2.60 bits per heavy atom. The van der Waals surface area contributed by atoms with Crippen LogP contribution in [-0.4, -0.2) is 28.9 Å². The molecule has 20 heavy (non-hydrogen) atoms. The van der Waals surface area contributed by atoms with Gasteiger partial charge in [-0.25, -0.2) is 0 Å². The fraction of sp³-hybridized carbons (Fsp3) is 0.467. The lowest BCUT2D eigenvalue weighted by atomic mass is 9.94. The van der Waals surface area contributed by atoms with E-state index in [1.54, 1.807) is 6.92 Å². The van der Waals surface area contributed by atoms with Crippen molar-refractivity contribution in [1.82, 2.24) is 4.90 Å². The molecule has 0 unspecified atom stereocenters. The molecule has 0 amide bonds. The molecule has 0 aromatic heterocycles. The first kappa shape index (κ1) is 15.3. The van der Waals surface area contributed by atoms with Crippen molar-refractivity contribution < 1.29 is 4.79 Å². The number of carbonyl (C=O) groups excluding carboxylic acids is 1. The summed E-state index contributed by atoms with van der Waals surface area (Å²) in [6.07, 6.45) is 1.77. The smallest absolute Gasteiger partial charge is 0.173 e. The maximum atomic E-state index is 11.4. The van der Waals surface area contributed by atoms with E-state index in [1.165, 1.54) is 0 Å². The standard InChI is InChI=1S/C15H19ClN2OS/c1-10-9-13(16)3-4-14(10)17-15(20)18-7-5-12(6-8-18)11(2)19/h3-4,9,12H,5-8H2,1-2H3,(H,17,20). The molecule has 0 radical (unpaired) electrons. The summed E-state index contributed by atoms with van der Waals surface area (Å²) in [4.78, 5) is 13.5. The van der Waals surface area contributed by atoms with Crippen LogP contribution in [0.2, 0.25) is 5.02 Å². The van der Waals surface area contributed by atoms with Crippen molar-refractivity contribution in [3.8, 4) is 0 Å². The van der Waals surface area contributed by atoms with Crippen molar-refractivity contribution in [1.29, 1.82) is 0 Å². The molecular weight excluding hydrogens is 292 g/mol. The van der Waals surface area contributed by atoms with Crippen LogP contribution in [-0.2, 0) is 4.79 Å². The van der Waals surface area contributed by atoms with Crippen LogP contribution in [0.3, 0.4) is 0 Å². The van der Waals surface area contributed by atoms with Crippen LogP contribution in [0.1, 0.15) is 25.3 Å². The molecule has 3 nitrogen and oxygen atoms in total. The molecule has 0 atom stereocenters. The average molecular weight is 311 g/mol. The van der Waals surface area contributed by atoms with Gasteiger partial charge in [-0.05, 0) is 62.7 Å². The van der Waals surface area contributed by atoms with Crippen LogP contribution in [0.25, 0.3) is 0 Å². The zero-order chi connectivity index (χ0) is 14.7. The number of benzene rings is 1. The fourth-order valence-electron chi connectivity index (χ4n) is 2.45. The number of hydrogen-bond acceptors (Lipinski definition) is 2. The first-order valence-corrected chi connectivity index (χ1v) is 7.58. The molecule has 0 aliphatic carbocycles. The second-order valence-corrected chi connectivity index (χ2v) is 6.08. The number of aryl methyl sites for hydroxylation is 1. The summed E-state index contributed by atoms with van der Waals surface area (Å²) in [6, 6.07) is 5.70. The van der Waals surface area contributed by atoms with E-state index in [4.69, 9.17) is 23.8 Å². The second kappa shape index (κ2) is 6.55. The Balaban J connectivity index is 1.94. The predicted octanol–water partition coefficient (Wildman–Crippen LogP) is 3.65. The van der Waals surface area contributed by atoms with E-state index >= 15 is 0 Å². The number of ketones is 1. The summed E-state index contributed by atoms with van der Waals surface area (Å²) in [5.41, 5.74) is 2.05. The number of anilines is 1. The Hall–Kier alpha value is -1.13. The van der Waals surface area contributed by atoms with Gasteiger partial charge in [-0.2, -0.15) is 0 Å². The quantitative estimate of drug-likeness (QED) is 0.845. The highest BCUT2D eigenvalue weighted by atomic mass is 35.5. The maximum Gasteiger partial charge on any atom is 0.173 e. The van der Waals surface area contributed by atoms with Gasteiger partial charge in [-0.15, -0.1) is 0 Å². The third kappa shape index (κ3) is 3.70. The summed E-state index contributed by atoms with van der Waals surface area (Å²) in [5.74, 6) is 0.489. The molecule has 0 bridgehead atoms. The Morgan fingerprint density at radius 2 is 2.05 bits per heavy atom. The molecule has 1 aromatic carbocycles. The predicted molar refractivity (Wildman–Crippen MR) is 87.4 cm³/mol. The number of likely N-dealkylation sites (tertiary alicyclic amines) is 1. The number of piperidine rings is 1. The highest BCUT2D eigenvalue weighted by molar-refractivity contribution is 7.80. The van der Waals surface area contributed by atoms with E-state index in [9.17, 15) is 4.79 Å². The monoisotopic (exact) mass is 310 g/mol. The van der Waals surface area contributed by atoms with Crippen molar-refractivity contribution in [2.45, 2.75) is 26.7 Å². The molecule has 1 saturated heterocycles. The Labute approximate surface area is 130 Å². The van der Waals surface area contributed by atoms with Crippen molar-refractivity contribution in [2.75, 3.05) is 18.4 Å². The number of carbonyl (C=O) groups is 1. The van der Waals surface area contributed by atoms with Gasteiger partial charge in [0.05, 0.1) is 0 Å². The van der Waals surface area contributed by atoms with Crippen LogP contribution in [0, 0.1) is 12.8 Å². The van der Waals surface area contributed by atoms with Crippen LogP contribution >= 0.6 is 23.8 Å². The van der Waals surface area contributed by atoms with Crippen LogP contribution in [0.15, 0.2) is 18.2 Å². The van der Waals surface area contributed by atoms with Gasteiger partial charge in [0, 0.05) is 29.7 Å². The van der Waals surface area contributed by atoms with E-state index < -0.39 is 0 Å². The Morgan fingerprint density at radius 1 is 1.40 bits per heavy atom. The zero-order valence-electron chi connectivity index (χ0n) is 11.8. The number of Topliss-reactive ketones (excluding diaryl/α,β-unsaturated/α-hetero) is 1. The number of thiocarbonyl (C=S) groups is 1. The SMILES string of the molecule is CC(=O)C1CCN(C(=S)Nc2ccc(Cl)cc2C)CC1. The number of halogens is 1. The van der Waals surface area contributed by atoms with Gasteiger partial charge in [-0.3, -0.25) is 4.79 Å². The van der Waals surface area contributed by atoms with Gasteiger partial charge in [0.25, 0.3) is 0 Å². The largest absolute Gasteiger partial charge is 0.349 e. The molecule has 1 aromatic rings. The number of nitrogens with zero attached hydrogens (tertiary/aromatic N) is 1. The van der Waals surface area contributed by atoms with Gasteiger partial charge in [-0.1, -0.05) is 11.6 Å². The third-order valence-electron chi connectivity index (χ3n) is 3.79. The van der Waals surface area contributed by atoms with E-state index in [1.807, 2.05) is 25.1 Å². The van der Waals surface area contributed by atoms with Crippen LogP contribution in [0.5, 0.6) is 0 Å². The molecule has 2 rings (SSSR count). The molecule has 1 aliphatic heterocycles. The van der Waals surface area contributed by atoms with Crippen LogP contribution < -0.4 is 5.32 Å². The summed E-state index contributed by atoms with van der Waals surface area (Å²) >= 11 is 11.4. The highest BCUT2D eigenvalue weighted by Gasteiger charge is 2.23. The van der Waals surface area contributed by atoms with E-state index in [0.29, 0.717) is 0 Å². The topological polar surface area (TPSA) is 32.3 Å². The van der Waals surface area contributed by atoms with E-state index in [0.717, 1.165) is 47.3 Å². The molecule has 1 heterocycles. The van der Waals surface area contributed by atoms with Gasteiger partial charge < -0.3 is 10.2 Å². The Bertz CT molecular complexity index is 525. The van der Waals surface area contributed by atoms with E-state index in [2.05, 4.69) is 10.2 Å². The van der Waals surface area contributed by atoms with Gasteiger partial charge in [0.2, 0.25) is 0 Å². The van der Waals surface area contributed by atoms with Gasteiger partial charge in [0.15, 0.2) is 5.11 Å². The molecule has 1 N–H and O–H groups in total. The Kier molecular flexibility index (Phi) is 5.00. The number of nitrogens with one attached hydrogen (secondary N) is 1. The van der Waals surface area contributed by atoms with E-state index in [-0.39, 0.29) is 11.7 Å². The van der Waals surface area contributed by atoms with Gasteiger partial charge in [0.1, 0.15) is 5.78 Å². The number of hydrogen-bond donors (Lipinski definition) is 1. The first-order chi connectivity index (χ1) is 9.47. The van der Waals surface area contributed by atoms with Crippen molar-refractivity contribution in [3.05, 3.63) is 28.8 Å². The molecule has 108 valence electrons. The average Bonchev–Trinajstić information content (AvgIpc) is 2.42. The third-order valence-corrected chi connectivity index (χ3v) is 4.38. The summed E-state index contributed by atoms with van der Waals surface area (Å²) < 4.78 is 0. The molecule has 1 fully saturated rings. The van der Waals surface area contributed by atoms with Crippen molar-refractivity contribution >= 4 is 40.4 Å². The fourth-order valence-corrected chi connectivity index (χ4v) is 2.97. The highest BCUT2D eigenvalue weighted by Crippen LogP contribution is 2.22. The first-order valence-electron chi connectivity index (χ1n) is 6.80. The maximum absolute atomic E-state index is 11.4. The van der Waals surface area contributed by atoms with Crippen molar-refractivity contribution in [2.24, 2.45) is 5.92 Å². The molecule has 0 spiro atoms. The van der Waals surface area contributed by atoms with Gasteiger partial charge >= 0.3 is 0 Å². The molecular formula is C15H19ClN2OS. The van der Waals surface area contributed by atoms with Crippen LogP contribution in [0.4, 0.5) is 5.69 Å². The lowest BCUT2D eigenvalue weighted by Gasteiger charge is -2.33. The molecule has 5 heteroatoms. The molecule has 1 aliphatic rings.